The molecule has 0 saturated heterocycles. The molecule has 0 heterocycles. The lowest BCUT2D eigenvalue weighted by molar-refractivity contribution is 0.0961. The molecule has 0 aromatic heterocycles. The second-order valence-electron chi connectivity index (χ2n) is 6.04. The van der Waals surface area contributed by atoms with Crippen molar-refractivity contribution in [3.8, 4) is 6.07 Å². The summed E-state index contributed by atoms with van der Waals surface area (Å²) in [6.45, 7) is 3.86. The van der Waals surface area contributed by atoms with Crippen LogP contribution in [-0.2, 0) is 9.47 Å². The third kappa shape index (κ3) is 4.42. The number of nitriles is 1. The average molecular weight is 281 g/mol. The van der Waals surface area contributed by atoms with Gasteiger partial charge in [0.1, 0.15) is 5.54 Å². The highest BCUT2D eigenvalue weighted by atomic mass is 16.5. The largest absolute Gasteiger partial charge is 0.383 e. The molecule has 2 aliphatic carbocycles. The van der Waals surface area contributed by atoms with E-state index in [-0.39, 0.29) is 5.54 Å². The van der Waals surface area contributed by atoms with Crippen molar-refractivity contribution >= 4 is 0 Å². The van der Waals surface area contributed by atoms with Crippen LogP contribution in [0.2, 0.25) is 0 Å². The summed E-state index contributed by atoms with van der Waals surface area (Å²) in [5.74, 6) is 0.515. The van der Waals surface area contributed by atoms with Gasteiger partial charge in [0.15, 0.2) is 0 Å². The van der Waals surface area contributed by atoms with Gasteiger partial charge in [-0.3, -0.25) is 10.2 Å². The molecule has 0 amide bonds. The molecule has 2 fully saturated rings. The first-order chi connectivity index (χ1) is 9.74. The van der Waals surface area contributed by atoms with Crippen LogP contribution in [-0.4, -0.2) is 63.5 Å². The van der Waals surface area contributed by atoms with Crippen LogP contribution in [0.25, 0.3) is 0 Å². The molecule has 0 aliphatic heterocycles. The molecular weight excluding hydrogens is 254 g/mol. The Bertz CT molecular complexity index is 329. The quantitative estimate of drug-likeness (QED) is 0.612. The van der Waals surface area contributed by atoms with Crippen LogP contribution in [0.4, 0.5) is 0 Å². The maximum Gasteiger partial charge on any atom is 0.122 e. The van der Waals surface area contributed by atoms with Crippen molar-refractivity contribution in [2.75, 3.05) is 47.1 Å². The topological polar surface area (TPSA) is 57.5 Å². The second kappa shape index (κ2) is 7.37. The van der Waals surface area contributed by atoms with Crippen LogP contribution >= 0.6 is 0 Å². The first kappa shape index (κ1) is 15.7. The SMILES string of the molecule is COCCN(CCOC)CC(C#N)(NC1CC1)C1CC1. The van der Waals surface area contributed by atoms with Crippen molar-refractivity contribution in [2.24, 2.45) is 5.92 Å². The lowest BCUT2D eigenvalue weighted by Crippen LogP contribution is -2.56. The number of hydrogen-bond donors (Lipinski definition) is 1. The first-order valence-electron chi connectivity index (χ1n) is 7.63. The van der Waals surface area contributed by atoms with Gasteiger partial charge in [-0.05, 0) is 31.6 Å². The average Bonchev–Trinajstić information content (AvgIpc) is 3.33. The van der Waals surface area contributed by atoms with Gasteiger partial charge < -0.3 is 9.47 Å². The summed E-state index contributed by atoms with van der Waals surface area (Å²) in [6.07, 6.45) is 4.78. The van der Waals surface area contributed by atoms with Crippen molar-refractivity contribution < 1.29 is 9.47 Å². The Morgan fingerprint density at radius 2 is 1.75 bits per heavy atom. The minimum Gasteiger partial charge on any atom is -0.383 e. The maximum atomic E-state index is 9.76. The Balaban J connectivity index is 1.96. The van der Waals surface area contributed by atoms with E-state index in [1.54, 1.807) is 14.2 Å². The molecule has 0 radical (unpaired) electrons. The second-order valence-corrected chi connectivity index (χ2v) is 6.04. The highest BCUT2D eigenvalue weighted by Crippen LogP contribution is 2.41. The normalized spacial score (nSPS) is 21.7. The zero-order valence-corrected chi connectivity index (χ0v) is 12.7. The molecule has 0 aromatic carbocycles. The van der Waals surface area contributed by atoms with Crippen LogP contribution in [0.15, 0.2) is 0 Å². The summed E-state index contributed by atoms with van der Waals surface area (Å²) in [4.78, 5) is 2.30. The van der Waals surface area contributed by atoms with Crippen molar-refractivity contribution in [3.05, 3.63) is 0 Å². The first-order valence-corrected chi connectivity index (χ1v) is 7.63. The van der Waals surface area contributed by atoms with Gasteiger partial charge in [-0.25, -0.2) is 0 Å². The molecule has 2 saturated carbocycles. The predicted molar refractivity (Wildman–Crippen MR) is 77.4 cm³/mol. The molecule has 1 N–H and O–H groups in total. The highest BCUT2D eigenvalue weighted by Gasteiger charge is 2.48. The number of nitrogens with zero attached hydrogens (tertiary/aromatic N) is 2. The van der Waals surface area contributed by atoms with Crippen LogP contribution in [0.5, 0.6) is 0 Å². The van der Waals surface area contributed by atoms with Crippen LogP contribution in [0.3, 0.4) is 0 Å². The Labute approximate surface area is 122 Å². The van der Waals surface area contributed by atoms with Gasteiger partial charge in [0.05, 0.1) is 19.3 Å². The Morgan fingerprint density at radius 1 is 1.15 bits per heavy atom. The van der Waals surface area contributed by atoms with Crippen LogP contribution in [0, 0.1) is 17.2 Å². The van der Waals surface area contributed by atoms with Gasteiger partial charge in [0, 0.05) is 39.9 Å². The predicted octanol–water partition coefficient (Wildman–Crippen LogP) is 1.01. The van der Waals surface area contributed by atoms with E-state index in [0.717, 1.165) is 19.6 Å². The molecule has 0 bridgehead atoms. The maximum absolute atomic E-state index is 9.76. The van der Waals surface area contributed by atoms with E-state index in [4.69, 9.17) is 9.47 Å². The number of nitrogens with one attached hydrogen (secondary N) is 1. The monoisotopic (exact) mass is 281 g/mol. The Morgan fingerprint density at radius 3 is 2.15 bits per heavy atom. The van der Waals surface area contributed by atoms with Gasteiger partial charge in [-0.1, -0.05) is 0 Å². The van der Waals surface area contributed by atoms with E-state index >= 15 is 0 Å². The zero-order valence-electron chi connectivity index (χ0n) is 12.7. The standard InChI is InChI=1S/C15H27N3O2/c1-19-9-7-18(8-10-20-2)12-15(11-16,13-3-4-13)17-14-5-6-14/h13-14,17H,3-10,12H2,1-2H3. The summed E-state index contributed by atoms with van der Waals surface area (Å²) in [5.41, 5.74) is -0.372. The van der Waals surface area contributed by atoms with E-state index in [0.29, 0.717) is 25.2 Å². The van der Waals surface area contributed by atoms with Gasteiger partial charge >= 0.3 is 0 Å². The van der Waals surface area contributed by atoms with E-state index in [1.165, 1.54) is 25.7 Å². The number of methoxy groups -OCH3 is 2. The smallest absolute Gasteiger partial charge is 0.122 e. The summed E-state index contributed by atoms with van der Waals surface area (Å²) < 4.78 is 10.4. The molecule has 5 heteroatoms. The van der Waals surface area contributed by atoms with E-state index in [2.05, 4.69) is 16.3 Å². The van der Waals surface area contributed by atoms with Gasteiger partial charge in [0.2, 0.25) is 0 Å². The van der Waals surface area contributed by atoms with Crippen molar-refractivity contribution in [2.45, 2.75) is 37.3 Å². The highest BCUT2D eigenvalue weighted by molar-refractivity contribution is 5.18. The molecule has 0 spiro atoms. The van der Waals surface area contributed by atoms with Crippen molar-refractivity contribution in [1.29, 1.82) is 5.26 Å². The fourth-order valence-corrected chi connectivity index (χ4v) is 2.68. The number of ether oxygens (including phenoxy) is 2. The lowest BCUT2D eigenvalue weighted by atomic mass is 9.93. The molecule has 2 rings (SSSR count). The van der Waals surface area contributed by atoms with Gasteiger partial charge in [-0.15, -0.1) is 0 Å². The van der Waals surface area contributed by atoms with Crippen LogP contribution in [0.1, 0.15) is 25.7 Å². The van der Waals surface area contributed by atoms with E-state index in [1.807, 2.05) is 0 Å². The molecule has 20 heavy (non-hydrogen) atoms. The van der Waals surface area contributed by atoms with E-state index < -0.39 is 0 Å². The fraction of sp³-hybridized carbons (Fsp3) is 0.933. The van der Waals surface area contributed by atoms with Gasteiger partial charge in [-0.2, -0.15) is 5.26 Å². The number of rotatable bonds is 11. The fourth-order valence-electron chi connectivity index (χ4n) is 2.68. The Hall–Kier alpha value is -0.670. The summed E-state index contributed by atoms with van der Waals surface area (Å²) in [6, 6.07) is 3.16. The zero-order chi connectivity index (χ0) is 14.4. The molecule has 1 atom stereocenters. The molecular formula is C15H27N3O2. The molecule has 1 unspecified atom stereocenters. The Kier molecular flexibility index (Phi) is 5.79. The minimum absolute atomic E-state index is 0.372. The van der Waals surface area contributed by atoms with Gasteiger partial charge in [0.25, 0.3) is 0 Å². The van der Waals surface area contributed by atoms with Crippen molar-refractivity contribution in [3.63, 3.8) is 0 Å². The summed E-state index contributed by atoms with van der Waals surface area (Å²) >= 11 is 0. The number of hydrogen-bond acceptors (Lipinski definition) is 5. The van der Waals surface area contributed by atoms with E-state index in [9.17, 15) is 5.26 Å². The molecule has 0 aromatic rings. The third-order valence-corrected chi connectivity index (χ3v) is 4.21. The molecule has 5 nitrogen and oxygen atoms in total. The summed E-state index contributed by atoms with van der Waals surface area (Å²) in [5, 5.41) is 13.4. The minimum atomic E-state index is -0.372. The lowest BCUT2D eigenvalue weighted by Gasteiger charge is -2.34. The summed E-state index contributed by atoms with van der Waals surface area (Å²) in [7, 11) is 3.44. The van der Waals surface area contributed by atoms with Crippen molar-refractivity contribution in [1.82, 2.24) is 10.2 Å². The molecule has 114 valence electrons. The third-order valence-electron chi connectivity index (χ3n) is 4.21. The molecule has 2 aliphatic rings. The van der Waals surface area contributed by atoms with Crippen LogP contribution < -0.4 is 5.32 Å².